The first-order chi connectivity index (χ1) is 13.4. The Hall–Kier alpha value is -3.33. The molecule has 0 spiro atoms. The summed E-state index contributed by atoms with van der Waals surface area (Å²) >= 11 is 1.22. The van der Waals surface area contributed by atoms with Crippen molar-refractivity contribution in [3.63, 3.8) is 0 Å². The van der Waals surface area contributed by atoms with Crippen LogP contribution in [0, 0.1) is 0 Å². The molecule has 0 fully saturated rings. The van der Waals surface area contributed by atoms with Gasteiger partial charge in [-0.3, -0.25) is 23.7 Å². The van der Waals surface area contributed by atoms with E-state index in [0.29, 0.717) is 22.3 Å². The van der Waals surface area contributed by atoms with Gasteiger partial charge in [-0.2, -0.15) is 0 Å². The Morgan fingerprint density at radius 1 is 1.18 bits per heavy atom. The van der Waals surface area contributed by atoms with Crippen LogP contribution in [0.4, 0.5) is 0 Å². The molecule has 28 heavy (non-hydrogen) atoms. The summed E-state index contributed by atoms with van der Waals surface area (Å²) in [5.41, 5.74) is 0.190. The van der Waals surface area contributed by atoms with E-state index in [0.717, 1.165) is 9.44 Å². The third kappa shape index (κ3) is 4.68. The molecule has 0 bridgehead atoms. The van der Waals surface area contributed by atoms with Crippen LogP contribution in [0.5, 0.6) is 0 Å². The van der Waals surface area contributed by atoms with Crippen LogP contribution in [-0.4, -0.2) is 33.8 Å². The second-order valence-electron chi connectivity index (χ2n) is 5.95. The number of hydrogen-bond acceptors (Lipinski definition) is 7. The summed E-state index contributed by atoms with van der Waals surface area (Å²) in [6.45, 7) is 0.997. The molecule has 144 valence electrons. The number of carbonyl (C=O) groups is 3. The first kappa shape index (κ1) is 19.4. The molecule has 0 aliphatic heterocycles. The highest BCUT2D eigenvalue weighted by Crippen LogP contribution is 2.17. The Labute approximate surface area is 163 Å². The molecule has 9 heteroatoms. The van der Waals surface area contributed by atoms with E-state index < -0.39 is 12.6 Å². The number of para-hydroxylation sites is 1. The summed E-state index contributed by atoms with van der Waals surface area (Å²) in [6.07, 6.45) is 1.28. The number of fused-ring (bicyclic) bond motifs is 1. The number of ether oxygens (including phenoxy) is 1. The Morgan fingerprint density at radius 3 is 2.75 bits per heavy atom. The van der Waals surface area contributed by atoms with Gasteiger partial charge in [0.25, 0.3) is 5.56 Å². The molecule has 0 saturated heterocycles. The van der Waals surface area contributed by atoms with Crippen LogP contribution in [0.15, 0.2) is 47.5 Å². The number of aromatic nitrogens is 2. The number of rotatable bonds is 7. The predicted octanol–water partition coefficient (Wildman–Crippen LogP) is 1.52. The van der Waals surface area contributed by atoms with Crippen LogP contribution in [-0.2, 0) is 27.4 Å². The molecule has 0 atom stereocenters. The van der Waals surface area contributed by atoms with Crippen molar-refractivity contribution in [2.45, 2.75) is 20.0 Å². The van der Waals surface area contributed by atoms with Gasteiger partial charge in [-0.1, -0.05) is 12.1 Å². The van der Waals surface area contributed by atoms with E-state index in [1.165, 1.54) is 24.6 Å². The van der Waals surface area contributed by atoms with Crippen molar-refractivity contribution in [2.24, 2.45) is 0 Å². The summed E-state index contributed by atoms with van der Waals surface area (Å²) in [7, 11) is 0. The number of nitrogens with one attached hydrogen (secondary N) is 1. The maximum absolute atomic E-state index is 12.4. The van der Waals surface area contributed by atoms with Gasteiger partial charge in [-0.05, 0) is 24.3 Å². The molecule has 0 saturated carbocycles. The highest BCUT2D eigenvalue weighted by atomic mass is 32.1. The highest BCUT2D eigenvalue weighted by molar-refractivity contribution is 7.14. The van der Waals surface area contributed by atoms with Crippen molar-refractivity contribution >= 4 is 39.9 Å². The van der Waals surface area contributed by atoms with E-state index in [9.17, 15) is 19.2 Å². The molecule has 0 aliphatic rings. The van der Waals surface area contributed by atoms with E-state index >= 15 is 0 Å². The molecular formula is C19H17N3O5S. The fourth-order valence-electron chi connectivity index (χ4n) is 2.46. The summed E-state index contributed by atoms with van der Waals surface area (Å²) < 4.78 is 6.14. The predicted molar refractivity (Wildman–Crippen MR) is 103 cm³/mol. The first-order valence-corrected chi connectivity index (χ1v) is 9.22. The largest absolute Gasteiger partial charge is 0.456 e. The van der Waals surface area contributed by atoms with Crippen LogP contribution in [0.2, 0.25) is 0 Å². The Kier molecular flexibility index (Phi) is 5.95. The van der Waals surface area contributed by atoms with Crippen molar-refractivity contribution in [2.75, 3.05) is 6.61 Å². The lowest BCUT2D eigenvalue weighted by Gasteiger charge is -2.06. The number of ketones is 1. The van der Waals surface area contributed by atoms with Gasteiger partial charge in [-0.15, -0.1) is 11.3 Å². The summed E-state index contributed by atoms with van der Waals surface area (Å²) in [4.78, 5) is 52.8. The van der Waals surface area contributed by atoms with E-state index in [2.05, 4.69) is 10.3 Å². The van der Waals surface area contributed by atoms with E-state index in [-0.39, 0.29) is 23.8 Å². The van der Waals surface area contributed by atoms with Crippen LogP contribution in [0.3, 0.4) is 0 Å². The van der Waals surface area contributed by atoms with Gasteiger partial charge in [0.1, 0.15) is 6.54 Å². The standard InChI is InChI=1S/C19H17N3O5S/c1-12(23)20-8-13-6-7-17(28-13)16(24)10-27-18(25)9-22-11-21-15-5-3-2-4-14(15)19(22)26/h2-7,11H,8-10H2,1H3,(H,20,23). The van der Waals surface area contributed by atoms with Gasteiger partial charge in [0.2, 0.25) is 11.7 Å². The van der Waals surface area contributed by atoms with Crippen molar-refractivity contribution < 1.29 is 19.1 Å². The number of benzene rings is 1. The summed E-state index contributed by atoms with van der Waals surface area (Å²) in [5.74, 6) is -1.22. The van der Waals surface area contributed by atoms with E-state index in [1.54, 1.807) is 36.4 Å². The first-order valence-electron chi connectivity index (χ1n) is 8.40. The van der Waals surface area contributed by atoms with Gasteiger partial charge in [0.05, 0.1) is 28.7 Å². The Morgan fingerprint density at radius 2 is 1.96 bits per heavy atom. The maximum Gasteiger partial charge on any atom is 0.326 e. The normalized spacial score (nSPS) is 10.6. The number of thiophene rings is 1. The molecule has 1 N–H and O–H groups in total. The second-order valence-corrected chi connectivity index (χ2v) is 7.12. The van der Waals surface area contributed by atoms with Crippen LogP contribution in [0.25, 0.3) is 10.9 Å². The monoisotopic (exact) mass is 399 g/mol. The van der Waals surface area contributed by atoms with Crippen molar-refractivity contribution in [1.29, 1.82) is 0 Å². The maximum atomic E-state index is 12.4. The number of Topliss-reactive ketones (excluding diaryl/α,β-unsaturated/α-hetero) is 1. The van der Waals surface area contributed by atoms with Gasteiger partial charge in [-0.25, -0.2) is 4.98 Å². The average molecular weight is 399 g/mol. The molecule has 0 aliphatic carbocycles. The van der Waals surface area contributed by atoms with E-state index in [4.69, 9.17) is 4.74 Å². The third-order valence-corrected chi connectivity index (χ3v) is 4.97. The van der Waals surface area contributed by atoms with Gasteiger partial charge in [0.15, 0.2) is 6.61 Å². The number of carbonyl (C=O) groups excluding carboxylic acids is 3. The molecule has 0 unspecified atom stereocenters. The molecule has 1 aromatic carbocycles. The molecule has 2 heterocycles. The number of hydrogen-bond donors (Lipinski definition) is 1. The average Bonchev–Trinajstić information content (AvgIpc) is 3.16. The molecule has 3 rings (SSSR count). The van der Waals surface area contributed by atoms with Gasteiger partial charge in [0, 0.05) is 11.8 Å². The van der Waals surface area contributed by atoms with Gasteiger partial charge >= 0.3 is 5.97 Å². The van der Waals surface area contributed by atoms with Crippen molar-refractivity contribution in [1.82, 2.24) is 14.9 Å². The molecule has 2 aromatic heterocycles. The summed E-state index contributed by atoms with van der Waals surface area (Å²) in [5, 5.41) is 3.05. The zero-order valence-electron chi connectivity index (χ0n) is 15.0. The molecule has 0 radical (unpaired) electrons. The van der Waals surface area contributed by atoms with Crippen molar-refractivity contribution in [3.8, 4) is 0 Å². The van der Waals surface area contributed by atoms with Crippen LogP contribution >= 0.6 is 11.3 Å². The lowest BCUT2D eigenvalue weighted by atomic mass is 10.2. The van der Waals surface area contributed by atoms with E-state index in [1.807, 2.05) is 0 Å². The topological polar surface area (TPSA) is 107 Å². The van der Waals surface area contributed by atoms with Crippen LogP contribution < -0.4 is 10.9 Å². The molecule has 1 amide bonds. The second kappa shape index (κ2) is 8.57. The zero-order valence-corrected chi connectivity index (χ0v) is 15.8. The number of esters is 1. The molecule has 8 nitrogen and oxygen atoms in total. The number of amides is 1. The quantitative estimate of drug-likeness (QED) is 0.477. The fraction of sp³-hybridized carbons (Fsp3) is 0.211. The summed E-state index contributed by atoms with van der Waals surface area (Å²) in [6, 6.07) is 10.2. The highest BCUT2D eigenvalue weighted by Gasteiger charge is 2.14. The minimum absolute atomic E-state index is 0.159. The lowest BCUT2D eigenvalue weighted by molar-refractivity contribution is -0.143. The fourth-order valence-corrected chi connectivity index (χ4v) is 3.33. The van der Waals surface area contributed by atoms with Crippen LogP contribution in [0.1, 0.15) is 21.5 Å². The zero-order chi connectivity index (χ0) is 20.1. The smallest absolute Gasteiger partial charge is 0.326 e. The van der Waals surface area contributed by atoms with Gasteiger partial charge < -0.3 is 10.1 Å². The molecule has 3 aromatic rings. The Balaban J connectivity index is 1.57. The minimum Gasteiger partial charge on any atom is -0.456 e. The number of nitrogens with zero attached hydrogens (tertiary/aromatic N) is 2. The molecular weight excluding hydrogens is 382 g/mol. The third-order valence-electron chi connectivity index (χ3n) is 3.84. The van der Waals surface area contributed by atoms with Crippen molar-refractivity contribution in [3.05, 3.63) is 62.8 Å². The SMILES string of the molecule is CC(=O)NCc1ccc(C(=O)COC(=O)Cn2cnc3ccccc3c2=O)s1. The minimum atomic E-state index is -0.706. The lowest BCUT2D eigenvalue weighted by Crippen LogP contribution is -2.26. The Bertz CT molecular complexity index is 1100.